The lowest BCUT2D eigenvalue weighted by Gasteiger charge is -2.41. The smallest absolute Gasteiger partial charge is 0.129 e. The molecule has 3 atom stereocenters. The highest BCUT2D eigenvalue weighted by molar-refractivity contribution is 4.96. The van der Waals surface area contributed by atoms with Crippen LogP contribution in [0, 0.1) is 17.3 Å². The van der Waals surface area contributed by atoms with Crippen molar-refractivity contribution in [2.45, 2.75) is 52.7 Å². The van der Waals surface area contributed by atoms with E-state index in [2.05, 4.69) is 20.8 Å². The normalized spacial score (nSPS) is 28.5. The van der Waals surface area contributed by atoms with Crippen LogP contribution in [0.25, 0.3) is 0 Å². The van der Waals surface area contributed by atoms with Gasteiger partial charge in [0.2, 0.25) is 0 Å². The van der Waals surface area contributed by atoms with Crippen LogP contribution in [-0.2, 0) is 11.3 Å². The predicted octanol–water partition coefficient (Wildman–Crippen LogP) is 3.59. The second kappa shape index (κ2) is 6.10. The molecule has 3 nitrogen and oxygen atoms in total. The zero-order valence-corrected chi connectivity index (χ0v) is 12.4. The average Bonchev–Trinajstić information content (AvgIpc) is 2.88. The van der Waals surface area contributed by atoms with Crippen molar-refractivity contribution in [2.75, 3.05) is 6.54 Å². The standard InChI is InChI=1S/C16H27NO2/c1-16(2,3)13-7-6-12(10-17)15(9-13)19-11-14-5-4-8-18-14/h4-5,8,12-13,15H,6-7,9-11,17H2,1-3H3. The van der Waals surface area contributed by atoms with Gasteiger partial charge in [-0.25, -0.2) is 0 Å². The molecule has 1 aliphatic carbocycles. The van der Waals surface area contributed by atoms with Gasteiger partial charge < -0.3 is 14.9 Å². The summed E-state index contributed by atoms with van der Waals surface area (Å²) in [4.78, 5) is 0. The van der Waals surface area contributed by atoms with Crippen LogP contribution in [0.2, 0.25) is 0 Å². The van der Waals surface area contributed by atoms with Crippen LogP contribution < -0.4 is 5.73 Å². The maximum absolute atomic E-state index is 6.08. The highest BCUT2D eigenvalue weighted by atomic mass is 16.5. The van der Waals surface area contributed by atoms with Crippen molar-refractivity contribution in [3.8, 4) is 0 Å². The van der Waals surface area contributed by atoms with Crippen molar-refractivity contribution in [1.29, 1.82) is 0 Å². The van der Waals surface area contributed by atoms with E-state index >= 15 is 0 Å². The van der Waals surface area contributed by atoms with Gasteiger partial charge in [-0.3, -0.25) is 0 Å². The first-order chi connectivity index (χ1) is 9.00. The quantitative estimate of drug-likeness (QED) is 0.905. The van der Waals surface area contributed by atoms with Gasteiger partial charge in [-0.15, -0.1) is 0 Å². The Bertz CT molecular complexity index is 367. The number of furan rings is 1. The molecule has 3 heteroatoms. The van der Waals surface area contributed by atoms with Crippen molar-refractivity contribution in [3.05, 3.63) is 24.2 Å². The van der Waals surface area contributed by atoms with Crippen LogP contribution in [0.1, 0.15) is 45.8 Å². The van der Waals surface area contributed by atoms with E-state index in [-0.39, 0.29) is 6.10 Å². The summed E-state index contributed by atoms with van der Waals surface area (Å²) in [6.07, 6.45) is 5.53. The Morgan fingerprint density at radius 2 is 2.16 bits per heavy atom. The molecule has 0 spiro atoms. The first kappa shape index (κ1) is 14.6. The summed E-state index contributed by atoms with van der Waals surface area (Å²) in [5.41, 5.74) is 6.25. The zero-order valence-electron chi connectivity index (χ0n) is 12.4. The van der Waals surface area contributed by atoms with Gasteiger partial charge in [0, 0.05) is 0 Å². The first-order valence-corrected chi connectivity index (χ1v) is 7.34. The molecule has 108 valence electrons. The van der Waals surface area contributed by atoms with Crippen molar-refractivity contribution in [1.82, 2.24) is 0 Å². The van der Waals surface area contributed by atoms with Crippen molar-refractivity contribution >= 4 is 0 Å². The van der Waals surface area contributed by atoms with Crippen LogP contribution in [0.4, 0.5) is 0 Å². The summed E-state index contributed by atoms with van der Waals surface area (Å²) in [7, 11) is 0. The van der Waals surface area contributed by atoms with Crippen LogP contribution in [0.5, 0.6) is 0 Å². The van der Waals surface area contributed by atoms with Crippen LogP contribution in [0.15, 0.2) is 22.8 Å². The van der Waals surface area contributed by atoms with Crippen LogP contribution in [-0.4, -0.2) is 12.6 Å². The summed E-state index contributed by atoms with van der Waals surface area (Å²) < 4.78 is 11.4. The molecule has 0 saturated heterocycles. The molecule has 0 radical (unpaired) electrons. The molecule has 1 aromatic rings. The fourth-order valence-electron chi connectivity index (χ4n) is 3.04. The number of hydrogen-bond donors (Lipinski definition) is 1. The van der Waals surface area contributed by atoms with E-state index in [1.807, 2.05) is 12.1 Å². The Hall–Kier alpha value is -0.800. The van der Waals surface area contributed by atoms with E-state index in [0.29, 0.717) is 17.9 Å². The van der Waals surface area contributed by atoms with E-state index in [1.54, 1.807) is 6.26 Å². The lowest BCUT2D eigenvalue weighted by molar-refractivity contribution is -0.0535. The van der Waals surface area contributed by atoms with E-state index in [0.717, 1.165) is 24.6 Å². The molecule has 1 fully saturated rings. The fraction of sp³-hybridized carbons (Fsp3) is 0.750. The van der Waals surface area contributed by atoms with Gasteiger partial charge in [0.1, 0.15) is 12.4 Å². The number of nitrogens with two attached hydrogens (primary N) is 1. The number of rotatable bonds is 4. The monoisotopic (exact) mass is 265 g/mol. The van der Waals surface area contributed by atoms with Crippen LogP contribution in [0.3, 0.4) is 0 Å². The topological polar surface area (TPSA) is 48.4 Å². The lowest BCUT2D eigenvalue weighted by Crippen LogP contribution is -2.39. The molecular formula is C16H27NO2. The first-order valence-electron chi connectivity index (χ1n) is 7.34. The third-order valence-corrected chi connectivity index (χ3v) is 4.48. The molecule has 0 bridgehead atoms. The minimum atomic E-state index is 0.271. The van der Waals surface area contributed by atoms with Crippen LogP contribution >= 0.6 is 0 Å². The van der Waals surface area contributed by atoms with Gasteiger partial charge in [-0.05, 0) is 55.2 Å². The molecule has 2 rings (SSSR count). The molecule has 2 N–H and O–H groups in total. The Morgan fingerprint density at radius 3 is 2.74 bits per heavy atom. The highest BCUT2D eigenvalue weighted by Gasteiger charge is 2.35. The Balaban J connectivity index is 1.94. The third-order valence-electron chi connectivity index (χ3n) is 4.48. The molecule has 0 amide bonds. The van der Waals surface area contributed by atoms with E-state index in [1.165, 1.54) is 12.8 Å². The average molecular weight is 265 g/mol. The zero-order chi connectivity index (χ0) is 13.9. The molecule has 19 heavy (non-hydrogen) atoms. The van der Waals surface area contributed by atoms with E-state index in [4.69, 9.17) is 14.9 Å². The van der Waals surface area contributed by atoms with Crippen molar-refractivity contribution in [2.24, 2.45) is 23.0 Å². The number of hydrogen-bond acceptors (Lipinski definition) is 3. The van der Waals surface area contributed by atoms with Gasteiger partial charge in [0.15, 0.2) is 0 Å². The van der Waals surface area contributed by atoms with Gasteiger partial charge >= 0.3 is 0 Å². The molecule has 1 aliphatic rings. The minimum Gasteiger partial charge on any atom is -0.467 e. The molecule has 1 aromatic heterocycles. The SMILES string of the molecule is CC(C)(C)C1CCC(CN)C(OCc2ccco2)C1. The van der Waals surface area contributed by atoms with Gasteiger partial charge in [0.25, 0.3) is 0 Å². The second-order valence-electron chi connectivity index (χ2n) is 6.80. The summed E-state index contributed by atoms with van der Waals surface area (Å²) in [6, 6.07) is 3.86. The Labute approximate surface area is 116 Å². The molecule has 0 aromatic carbocycles. The summed E-state index contributed by atoms with van der Waals surface area (Å²) in [6.45, 7) is 8.25. The second-order valence-corrected chi connectivity index (χ2v) is 6.80. The molecule has 3 unspecified atom stereocenters. The summed E-state index contributed by atoms with van der Waals surface area (Å²) in [5.74, 6) is 2.11. The van der Waals surface area contributed by atoms with E-state index < -0.39 is 0 Å². The van der Waals surface area contributed by atoms with Gasteiger partial charge in [-0.2, -0.15) is 0 Å². The third kappa shape index (κ3) is 3.83. The Kier molecular flexibility index (Phi) is 4.69. The summed E-state index contributed by atoms with van der Waals surface area (Å²) >= 11 is 0. The largest absolute Gasteiger partial charge is 0.467 e. The predicted molar refractivity (Wildman–Crippen MR) is 76.6 cm³/mol. The van der Waals surface area contributed by atoms with Gasteiger partial charge in [-0.1, -0.05) is 20.8 Å². The molecule has 1 saturated carbocycles. The number of ether oxygens (including phenoxy) is 1. The minimum absolute atomic E-state index is 0.271. The molecular weight excluding hydrogens is 238 g/mol. The maximum atomic E-state index is 6.08. The molecule has 0 aliphatic heterocycles. The maximum Gasteiger partial charge on any atom is 0.129 e. The molecule has 1 heterocycles. The lowest BCUT2D eigenvalue weighted by atomic mass is 9.68. The highest BCUT2D eigenvalue weighted by Crippen LogP contribution is 2.40. The van der Waals surface area contributed by atoms with Crippen molar-refractivity contribution in [3.63, 3.8) is 0 Å². The van der Waals surface area contributed by atoms with E-state index in [9.17, 15) is 0 Å². The van der Waals surface area contributed by atoms with Crippen molar-refractivity contribution < 1.29 is 9.15 Å². The Morgan fingerprint density at radius 1 is 1.37 bits per heavy atom. The summed E-state index contributed by atoms with van der Waals surface area (Å²) in [5, 5.41) is 0. The fourth-order valence-corrected chi connectivity index (χ4v) is 3.04. The van der Waals surface area contributed by atoms with Gasteiger partial charge in [0.05, 0.1) is 12.4 Å².